The lowest BCUT2D eigenvalue weighted by Gasteiger charge is -2.24. The van der Waals surface area contributed by atoms with Crippen LogP contribution < -0.4 is 27.0 Å². The van der Waals surface area contributed by atoms with Crippen LogP contribution in [0.15, 0.2) is 65.8 Å². The van der Waals surface area contributed by atoms with E-state index in [1.807, 2.05) is 18.4 Å². The number of alkyl carbamates (subject to hydrolysis) is 1. The van der Waals surface area contributed by atoms with Gasteiger partial charge in [0.05, 0.1) is 0 Å². The third-order valence-corrected chi connectivity index (χ3v) is 6.77. The van der Waals surface area contributed by atoms with Gasteiger partial charge < -0.3 is 36.8 Å². The van der Waals surface area contributed by atoms with Crippen molar-refractivity contribution < 1.29 is 34.1 Å². The summed E-state index contributed by atoms with van der Waals surface area (Å²) in [6.07, 6.45) is 1.45. The number of carboxylic acids is 1. The van der Waals surface area contributed by atoms with Crippen molar-refractivity contribution in [3.05, 3.63) is 81.9 Å². The van der Waals surface area contributed by atoms with Crippen LogP contribution in [0.1, 0.15) is 30.4 Å². The maximum Gasteiger partial charge on any atom is 0.408 e. The van der Waals surface area contributed by atoms with E-state index >= 15 is 0 Å². The number of rotatable bonds is 18. The van der Waals surface area contributed by atoms with E-state index in [-0.39, 0.29) is 38.8 Å². The summed E-state index contributed by atoms with van der Waals surface area (Å²) in [4.78, 5) is 61.5. The minimum atomic E-state index is -1.31. The lowest BCUT2D eigenvalue weighted by Crippen LogP contribution is -2.56. The smallest absolute Gasteiger partial charge is 0.408 e. The van der Waals surface area contributed by atoms with Crippen molar-refractivity contribution in [1.29, 1.82) is 0 Å². The van der Waals surface area contributed by atoms with E-state index in [9.17, 15) is 34.4 Å². The second-order valence-electron chi connectivity index (χ2n) is 9.48. The molecule has 0 saturated carbocycles. The van der Waals surface area contributed by atoms with Gasteiger partial charge in [-0.3, -0.25) is 9.59 Å². The van der Waals surface area contributed by atoms with Gasteiger partial charge in [-0.2, -0.15) is 11.8 Å². The number of guanidine groups is 1. The number of aliphatic carboxylic acids is 1. The number of carbonyl (C=O) groups is 4. The van der Waals surface area contributed by atoms with Crippen LogP contribution >= 0.6 is 11.8 Å². The molecule has 2 aromatic rings. The van der Waals surface area contributed by atoms with Crippen LogP contribution in [0.2, 0.25) is 0 Å². The fraction of sp³-hybridized carbons (Fsp3) is 0.393. The fourth-order valence-corrected chi connectivity index (χ4v) is 4.39. The van der Waals surface area contributed by atoms with E-state index in [2.05, 4.69) is 26.4 Å². The predicted octanol–water partition coefficient (Wildman–Crippen LogP) is 1.21. The summed E-state index contributed by atoms with van der Waals surface area (Å²) < 4.78 is 5.29. The molecule has 0 aromatic heterocycles. The highest BCUT2D eigenvalue weighted by molar-refractivity contribution is 7.98. The number of nitrogens with one attached hydrogen (secondary N) is 4. The zero-order chi connectivity index (χ0) is 32.3. The zero-order valence-electron chi connectivity index (χ0n) is 24.1. The first-order chi connectivity index (χ1) is 21.1. The maximum absolute atomic E-state index is 13.4. The summed E-state index contributed by atoms with van der Waals surface area (Å²) >= 11 is 1.43. The summed E-state index contributed by atoms with van der Waals surface area (Å²) in [6.45, 7) is 0.0645. The average Bonchev–Trinajstić information content (AvgIpc) is 2.99. The molecule has 0 aliphatic heterocycles. The monoisotopic (exact) mass is 631 g/mol. The molecule has 0 unspecified atom stereocenters. The molecular weight excluding hydrogens is 594 g/mol. The van der Waals surface area contributed by atoms with Crippen LogP contribution in [0.5, 0.6) is 0 Å². The first-order valence-electron chi connectivity index (χ1n) is 13.6. The predicted molar refractivity (Wildman–Crippen MR) is 164 cm³/mol. The fourth-order valence-electron chi connectivity index (χ4n) is 3.92. The summed E-state index contributed by atoms with van der Waals surface area (Å²) in [6, 6.07) is 14.5. The van der Waals surface area contributed by atoms with Crippen molar-refractivity contribution in [2.45, 2.75) is 50.4 Å². The second-order valence-corrected chi connectivity index (χ2v) is 10.5. The van der Waals surface area contributed by atoms with Gasteiger partial charge in [0.1, 0.15) is 29.8 Å². The van der Waals surface area contributed by atoms with Crippen LogP contribution in [0.3, 0.4) is 0 Å². The van der Waals surface area contributed by atoms with E-state index in [0.717, 1.165) is 11.1 Å². The Labute approximate surface area is 258 Å². The highest BCUT2D eigenvalue weighted by Gasteiger charge is 2.29. The van der Waals surface area contributed by atoms with Crippen LogP contribution in [0.4, 0.5) is 4.79 Å². The molecule has 3 atom stereocenters. The Morgan fingerprint density at radius 2 is 1.52 bits per heavy atom. The Morgan fingerprint density at radius 3 is 2.11 bits per heavy atom. The molecule has 44 heavy (non-hydrogen) atoms. The molecule has 0 saturated heterocycles. The van der Waals surface area contributed by atoms with E-state index in [4.69, 9.17) is 10.5 Å². The molecule has 0 spiro atoms. The Kier molecular flexibility index (Phi) is 15.5. The molecule has 16 heteroatoms. The minimum Gasteiger partial charge on any atom is -0.480 e. The molecule has 0 bridgehead atoms. The molecule has 0 heterocycles. The number of nitro groups is 1. The number of nitrogens with zero attached hydrogens (tertiary/aromatic N) is 2. The number of carboxylic acid groups (broad SMARTS) is 1. The summed E-state index contributed by atoms with van der Waals surface area (Å²) in [5.74, 6) is -2.63. The molecule has 0 aliphatic carbocycles. The van der Waals surface area contributed by atoms with Crippen molar-refractivity contribution in [3.63, 3.8) is 0 Å². The number of benzene rings is 2. The number of hydrogen-bond donors (Lipinski definition) is 6. The zero-order valence-corrected chi connectivity index (χ0v) is 25.0. The number of carbonyl (C=O) groups excluding carboxylic acids is 3. The molecule has 238 valence electrons. The molecule has 0 radical (unpaired) electrons. The number of amides is 3. The van der Waals surface area contributed by atoms with Crippen LogP contribution in [0.25, 0.3) is 0 Å². The largest absolute Gasteiger partial charge is 0.480 e. The Morgan fingerprint density at radius 1 is 0.932 bits per heavy atom. The van der Waals surface area contributed by atoms with E-state index in [1.165, 1.54) is 11.8 Å². The highest BCUT2D eigenvalue weighted by Crippen LogP contribution is 2.08. The lowest BCUT2D eigenvalue weighted by molar-refractivity contribution is -0.485. The molecule has 2 rings (SSSR count). The van der Waals surface area contributed by atoms with Gasteiger partial charge >= 0.3 is 12.1 Å². The van der Waals surface area contributed by atoms with E-state index < -0.39 is 53.0 Å². The van der Waals surface area contributed by atoms with Gasteiger partial charge in [0.25, 0.3) is 5.96 Å². The number of hydrazone groups is 1. The topological polar surface area (TPSA) is 227 Å². The third-order valence-electron chi connectivity index (χ3n) is 6.13. The first-order valence-corrected chi connectivity index (χ1v) is 15.0. The van der Waals surface area contributed by atoms with Crippen molar-refractivity contribution in [2.75, 3.05) is 18.6 Å². The van der Waals surface area contributed by atoms with Crippen molar-refractivity contribution in [2.24, 2.45) is 10.8 Å². The number of ether oxygens (including phenoxy) is 1. The summed E-state index contributed by atoms with van der Waals surface area (Å²) in [5.41, 5.74) is 6.86. The number of nitrogens with two attached hydrogens (primary N) is 1. The van der Waals surface area contributed by atoms with Crippen molar-refractivity contribution in [3.8, 4) is 0 Å². The third kappa shape index (κ3) is 13.9. The SMILES string of the molecule is CSCC[C@H](NC(=O)[C@H](Cc1ccccc1)NC(=O)OCc1ccccc1)C(=O)N[C@@H](CCCN/C(N)=N/[N+](=O)[O-])C(=O)O. The number of hydrogen-bond acceptors (Lipinski definition) is 8. The molecule has 15 nitrogen and oxygen atoms in total. The molecule has 0 aliphatic rings. The Balaban J connectivity index is 2.08. The average molecular weight is 632 g/mol. The maximum atomic E-state index is 13.4. The molecule has 0 fully saturated rings. The van der Waals surface area contributed by atoms with Gasteiger partial charge in [0, 0.05) is 13.0 Å². The summed E-state index contributed by atoms with van der Waals surface area (Å²) in [7, 11) is 0. The highest BCUT2D eigenvalue weighted by atomic mass is 32.2. The second kappa shape index (κ2) is 19.4. The quantitative estimate of drug-likeness (QED) is 0.0450. The van der Waals surface area contributed by atoms with Gasteiger partial charge in [-0.15, -0.1) is 0 Å². The van der Waals surface area contributed by atoms with E-state index in [0.29, 0.717) is 5.75 Å². The minimum absolute atomic E-state index is 0.00762. The van der Waals surface area contributed by atoms with Crippen molar-refractivity contribution >= 4 is 41.6 Å². The Hall–Kier alpha value is -4.86. The first kappa shape index (κ1) is 35.3. The van der Waals surface area contributed by atoms with E-state index in [1.54, 1.807) is 48.5 Å². The van der Waals surface area contributed by atoms with Crippen LogP contribution in [0, 0.1) is 10.1 Å². The van der Waals surface area contributed by atoms with Gasteiger partial charge in [-0.25, -0.2) is 19.7 Å². The van der Waals surface area contributed by atoms with Gasteiger partial charge in [0.2, 0.25) is 11.8 Å². The normalized spacial score (nSPS) is 13.1. The summed E-state index contributed by atoms with van der Waals surface area (Å²) in [5, 5.41) is 32.1. The lowest BCUT2D eigenvalue weighted by atomic mass is 10.0. The van der Waals surface area contributed by atoms with Gasteiger partial charge in [0.15, 0.2) is 5.03 Å². The molecule has 2 aromatic carbocycles. The standard InChI is InChI=1S/C28H37N7O8S/c1-44-16-14-21(24(36)32-22(26(38)39)13-8-15-30-27(29)34-35(41)42)31-25(37)23(17-19-9-4-2-5-10-19)33-28(40)43-18-20-11-6-3-7-12-20/h2-7,9-12,21-23H,8,13-18H2,1H3,(H,31,37)(H,32,36)(H,33,40)(H,38,39)(H3,29,30,34)/t21-,22-,23-/m0/s1. The Bertz CT molecular complexity index is 1270. The molecule has 3 amide bonds. The number of thioether (sulfide) groups is 1. The van der Waals surface area contributed by atoms with Gasteiger partial charge in [-0.05, 0) is 42.4 Å². The van der Waals surface area contributed by atoms with Crippen LogP contribution in [-0.2, 0) is 32.1 Å². The van der Waals surface area contributed by atoms with Crippen LogP contribution in [-0.4, -0.2) is 76.7 Å². The molecular formula is C28H37N7O8S. The van der Waals surface area contributed by atoms with Crippen molar-refractivity contribution in [1.82, 2.24) is 21.3 Å². The molecule has 7 N–H and O–H groups in total. The van der Waals surface area contributed by atoms with Gasteiger partial charge in [-0.1, -0.05) is 60.7 Å².